The lowest BCUT2D eigenvalue weighted by molar-refractivity contribution is 0.113. The first kappa shape index (κ1) is 15.7. The minimum Gasteiger partial charge on any atom is -0.490 e. The average molecular weight is 322 g/mol. The number of nitrogens with zero attached hydrogens (tertiary/aromatic N) is 1. The van der Waals surface area contributed by atoms with Crippen LogP contribution in [0.1, 0.15) is 30.4 Å². The zero-order chi connectivity index (χ0) is 16.4. The molecule has 1 saturated carbocycles. The summed E-state index contributed by atoms with van der Waals surface area (Å²) in [5, 5.41) is 0. The molecule has 2 aromatic rings. The summed E-state index contributed by atoms with van der Waals surface area (Å²) in [6.45, 7) is 2.81. The fourth-order valence-corrected chi connectivity index (χ4v) is 4.23. The Balaban J connectivity index is 1.38. The molecule has 2 bridgehead atoms. The monoisotopic (exact) mass is 322 g/mol. The van der Waals surface area contributed by atoms with E-state index in [0.717, 1.165) is 30.4 Å². The highest BCUT2D eigenvalue weighted by Crippen LogP contribution is 2.38. The number of benzene rings is 2. The van der Waals surface area contributed by atoms with Crippen LogP contribution < -0.4 is 10.5 Å². The van der Waals surface area contributed by atoms with Crippen LogP contribution in [0.3, 0.4) is 0 Å². The predicted molar refractivity (Wildman–Crippen MR) is 96.7 cm³/mol. The molecule has 1 aliphatic heterocycles. The highest BCUT2D eigenvalue weighted by atomic mass is 16.5. The molecule has 3 nitrogen and oxygen atoms in total. The van der Waals surface area contributed by atoms with E-state index in [-0.39, 0.29) is 0 Å². The second kappa shape index (κ2) is 6.96. The molecule has 3 unspecified atom stereocenters. The Morgan fingerprint density at radius 3 is 2.50 bits per heavy atom. The zero-order valence-electron chi connectivity index (χ0n) is 14.1. The lowest BCUT2D eigenvalue weighted by atomic mass is 9.87. The van der Waals surface area contributed by atoms with Gasteiger partial charge in [-0.05, 0) is 42.5 Å². The zero-order valence-corrected chi connectivity index (χ0v) is 14.1. The molecule has 4 rings (SSSR count). The van der Waals surface area contributed by atoms with Crippen molar-refractivity contribution in [1.29, 1.82) is 0 Å². The maximum absolute atomic E-state index is 6.32. The van der Waals surface area contributed by atoms with Crippen molar-refractivity contribution < 1.29 is 4.74 Å². The van der Waals surface area contributed by atoms with Crippen molar-refractivity contribution in [3.05, 3.63) is 65.7 Å². The van der Waals surface area contributed by atoms with E-state index in [2.05, 4.69) is 59.5 Å². The maximum Gasteiger partial charge on any atom is 0.119 e. The molecule has 0 radical (unpaired) electrons. The van der Waals surface area contributed by atoms with Gasteiger partial charge in [0.15, 0.2) is 0 Å². The number of hydrogen-bond donors (Lipinski definition) is 1. The number of fused-ring (bicyclic) bond motifs is 2. The minimum atomic E-state index is 0.353. The smallest absolute Gasteiger partial charge is 0.119 e. The van der Waals surface area contributed by atoms with Crippen molar-refractivity contribution in [3.8, 4) is 5.75 Å². The van der Waals surface area contributed by atoms with Crippen LogP contribution in [0.25, 0.3) is 0 Å². The first-order valence-corrected chi connectivity index (χ1v) is 9.05. The van der Waals surface area contributed by atoms with Gasteiger partial charge < -0.3 is 10.5 Å². The van der Waals surface area contributed by atoms with Crippen LogP contribution >= 0.6 is 0 Å². The third kappa shape index (κ3) is 3.33. The van der Waals surface area contributed by atoms with Gasteiger partial charge in [-0.25, -0.2) is 0 Å². The molecule has 0 amide bonds. The molecule has 0 aromatic heterocycles. The van der Waals surface area contributed by atoms with E-state index in [9.17, 15) is 0 Å². The first-order valence-electron chi connectivity index (χ1n) is 9.05. The Labute approximate surface area is 144 Å². The van der Waals surface area contributed by atoms with E-state index >= 15 is 0 Å². The molecule has 1 aliphatic carbocycles. The summed E-state index contributed by atoms with van der Waals surface area (Å²) in [5.74, 6) is 1.64. The molecule has 2 aliphatic rings. The summed E-state index contributed by atoms with van der Waals surface area (Å²) in [7, 11) is 0. The number of ether oxygens (including phenoxy) is 1. The molecule has 24 heavy (non-hydrogen) atoms. The van der Waals surface area contributed by atoms with Gasteiger partial charge in [-0.15, -0.1) is 0 Å². The molecule has 126 valence electrons. The van der Waals surface area contributed by atoms with Crippen LogP contribution in [0.2, 0.25) is 0 Å². The Morgan fingerprint density at radius 2 is 1.75 bits per heavy atom. The Morgan fingerprint density at radius 1 is 0.958 bits per heavy atom. The Bertz CT molecular complexity index is 655. The molecule has 1 heterocycles. The first-order chi connectivity index (χ1) is 11.8. The van der Waals surface area contributed by atoms with Gasteiger partial charge in [0.2, 0.25) is 0 Å². The molecule has 2 fully saturated rings. The molecular weight excluding hydrogens is 296 g/mol. The largest absolute Gasteiger partial charge is 0.490 e. The molecule has 2 aromatic carbocycles. The van der Waals surface area contributed by atoms with E-state index in [1.165, 1.54) is 24.8 Å². The summed E-state index contributed by atoms with van der Waals surface area (Å²) in [4.78, 5) is 2.65. The third-order valence-electron chi connectivity index (χ3n) is 5.55. The van der Waals surface area contributed by atoms with E-state index in [0.29, 0.717) is 18.6 Å². The van der Waals surface area contributed by atoms with Gasteiger partial charge in [-0.1, -0.05) is 42.5 Å². The molecule has 1 saturated heterocycles. The second-order valence-electron chi connectivity index (χ2n) is 7.15. The van der Waals surface area contributed by atoms with Crippen molar-refractivity contribution in [2.75, 3.05) is 6.54 Å². The molecular formula is C21H26N2O. The van der Waals surface area contributed by atoms with Crippen molar-refractivity contribution in [3.63, 3.8) is 0 Å². The topological polar surface area (TPSA) is 38.5 Å². The second-order valence-corrected chi connectivity index (χ2v) is 7.15. The van der Waals surface area contributed by atoms with Gasteiger partial charge in [-0.2, -0.15) is 0 Å². The molecule has 0 spiro atoms. The number of hydrogen-bond acceptors (Lipinski definition) is 3. The predicted octanol–water partition coefficient (Wildman–Crippen LogP) is 3.58. The van der Waals surface area contributed by atoms with E-state index in [1.807, 2.05) is 0 Å². The van der Waals surface area contributed by atoms with Crippen LogP contribution in [0.4, 0.5) is 0 Å². The SMILES string of the molecule is NCc1ccc(OC2CCC3CC2CN3Cc2ccccc2)cc1. The summed E-state index contributed by atoms with van der Waals surface area (Å²) >= 11 is 0. The minimum absolute atomic E-state index is 0.353. The number of rotatable bonds is 5. The highest BCUT2D eigenvalue weighted by Gasteiger charge is 2.41. The van der Waals surface area contributed by atoms with Gasteiger partial charge >= 0.3 is 0 Å². The fourth-order valence-electron chi connectivity index (χ4n) is 4.23. The van der Waals surface area contributed by atoms with Crippen LogP contribution in [0, 0.1) is 5.92 Å². The van der Waals surface area contributed by atoms with E-state index in [4.69, 9.17) is 10.5 Å². The van der Waals surface area contributed by atoms with Gasteiger partial charge in [0.25, 0.3) is 0 Å². The van der Waals surface area contributed by atoms with Gasteiger partial charge in [0, 0.05) is 31.6 Å². The van der Waals surface area contributed by atoms with Crippen molar-refractivity contribution >= 4 is 0 Å². The Kier molecular flexibility index (Phi) is 4.54. The lowest BCUT2D eigenvalue weighted by Crippen LogP contribution is -2.31. The standard InChI is InChI=1S/C21H26N2O/c22-13-16-6-9-20(10-7-16)24-21-11-8-19-12-18(21)15-23(19)14-17-4-2-1-3-5-17/h1-7,9-10,18-19,21H,8,11-15,22H2. The van der Waals surface area contributed by atoms with E-state index < -0.39 is 0 Å². The summed E-state index contributed by atoms with van der Waals surface area (Å²) < 4.78 is 6.32. The van der Waals surface area contributed by atoms with E-state index in [1.54, 1.807) is 0 Å². The Hall–Kier alpha value is -1.84. The van der Waals surface area contributed by atoms with Gasteiger partial charge in [-0.3, -0.25) is 4.90 Å². The third-order valence-corrected chi connectivity index (χ3v) is 5.55. The van der Waals surface area contributed by atoms with Crippen LogP contribution in [0.5, 0.6) is 5.75 Å². The highest BCUT2D eigenvalue weighted by molar-refractivity contribution is 5.27. The fraction of sp³-hybridized carbons (Fsp3) is 0.429. The van der Waals surface area contributed by atoms with Crippen LogP contribution in [-0.2, 0) is 13.1 Å². The lowest BCUT2D eigenvalue weighted by Gasteiger charge is -2.29. The van der Waals surface area contributed by atoms with Crippen LogP contribution in [-0.4, -0.2) is 23.6 Å². The van der Waals surface area contributed by atoms with Gasteiger partial charge in [0.05, 0.1) is 0 Å². The number of nitrogens with two attached hydrogens (primary N) is 1. The van der Waals surface area contributed by atoms with Crippen molar-refractivity contribution in [1.82, 2.24) is 4.90 Å². The summed E-state index contributed by atoms with van der Waals surface area (Å²) in [5.41, 5.74) is 8.24. The molecule has 2 N–H and O–H groups in total. The summed E-state index contributed by atoms with van der Waals surface area (Å²) in [6, 6.07) is 19.8. The average Bonchev–Trinajstić information content (AvgIpc) is 2.96. The maximum atomic E-state index is 6.32. The normalized spacial score (nSPS) is 26.5. The summed E-state index contributed by atoms with van der Waals surface area (Å²) in [6.07, 6.45) is 4.04. The quantitative estimate of drug-likeness (QED) is 0.914. The van der Waals surface area contributed by atoms with Crippen LogP contribution in [0.15, 0.2) is 54.6 Å². The van der Waals surface area contributed by atoms with Crippen molar-refractivity contribution in [2.45, 2.75) is 44.5 Å². The molecule has 3 heteroatoms. The van der Waals surface area contributed by atoms with Crippen molar-refractivity contribution in [2.24, 2.45) is 11.7 Å². The number of likely N-dealkylation sites (tertiary alicyclic amines) is 1. The molecule has 3 atom stereocenters. The van der Waals surface area contributed by atoms with Gasteiger partial charge in [0.1, 0.15) is 11.9 Å².